The molecule has 83 heavy (non-hydrogen) atoms. The Labute approximate surface area is 480 Å². The molecule has 0 unspecified atom stereocenters. The summed E-state index contributed by atoms with van der Waals surface area (Å²) in [6, 6.07) is 88.0. The maximum Gasteiger partial charge on any atom is 0.0970 e. The number of hydrogen-bond acceptors (Lipinski definition) is 10. The van der Waals surface area contributed by atoms with Gasteiger partial charge in [-0.3, -0.25) is 29.9 Å². The van der Waals surface area contributed by atoms with Crippen molar-refractivity contribution >= 4 is 65.4 Å². The molecule has 1 N–H and O–H groups in total. The highest BCUT2D eigenvalue weighted by molar-refractivity contribution is 6.14. The van der Waals surface area contributed by atoms with Crippen molar-refractivity contribution in [2.75, 3.05) is 0 Å². The minimum absolute atomic E-state index is 0.946. The molecule has 0 aliphatic rings. The molecule has 0 bridgehead atoms. The van der Waals surface area contributed by atoms with E-state index in [9.17, 15) is 0 Å². The molecular formula is C72H49ClN6O4. The molecule has 0 radical (unpaired) electrons. The van der Waals surface area contributed by atoms with Crippen LogP contribution >= 0.6 is 0 Å². The second-order valence-corrected chi connectivity index (χ2v) is 20.1. The predicted octanol–water partition coefficient (Wildman–Crippen LogP) is 14.2. The first-order chi connectivity index (χ1) is 40.7. The van der Waals surface area contributed by atoms with E-state index >= 15 is 0 Å². The summed E-state index contributed by atoms with van der Waals surface area (Å²) in [5, 5.41) is 6.77. The summed E-state index contributed by atoms with van der Waals surface area (Å²) < 4.78 is 32.7. The molecule has 0 atom stereocenters. The van der Waals surface area contributed by atoms with Crippen LogP contribution in [0.5, 0.6) is 0 Å². The molecular weight excluding hydrogens is 1050 g/mol. The predicted molar refractivity (Wildman–Crippen MR) is 326 cm³/mol. The third-order valence-electron chi connectivity index (χ3n) is 14.4. The molecule has 0 aliphatic carbocycles. The van der Waals surface area contributed by atoms with E-state index < -0.39 is 10.2 Å². The average Bonchev–Trinajstić information content (AvgIpc) is 3.67. The van der Waals surface area contributed by atoms with Gasteiger partial charge in [0.15, 0.2) is 0 Å². The van der Waals surface area contributed by atoms with Crippen molar-refractivity contribution in [3.05, 3.63) is 292 Å². The van der Waals surface area contributed by atoms with Crippen molar-refractivity contribution in [1.82, 2.24) is 29.9 Å². The fourth-order valence-electron chi connectivity index (χ4n) is 10.7. The molecule has 0 saturated heterocycles. The monoisotopic (exact) mass is 1100 g/mol. The lowest BCUT2D eigenvalue weighted by atomic mass is 9.97. The first-order valence-electron chi connectivity index (χ1n) is 26.7. The first kappa shape index (κ1) is 53.2. The number of hydrogen-bond donors (Lipinski definition) is 1. The lowest BCUT2D eigenvalue weighted by Gasteiger charge is -2.11. The van der Waals surface area contributed by atoms with E-state index in [1.54, 1.807) is 0 Å². The van der Waals surface area contributed by atoms with E-state index in [2.05, 4.69) is 248 Å². The Kier molecular flexibility index (Phi) is 15.5. The average molecular weight is 1100 g/mol. The standard InChI is InChI=1S/3C24H16N2.ClHO4/c3*1-3-7-17(8-4-1)19-13-15-25-23-21(19)11-12-22-20(14-16-26-24(22)23)18-9-5-2-6-10-18;2-1(3,4)5/h3*1-16H;(H,2,3,4,5). The molecule has 10 nitrogen and oxygen atoms in total. The lowest BCUT2D eigenvalue weighted by molar-refractivity contribution is -1.92. The zero-order valence-electron chi connectivity index (χ0n) is 44.4. The van der Waals surface area contributed by atoms with Crippen LogP contribution in [0.4, 0.5) is 0 Å². The van der Waals surface area contributed by atoms with Crippen molar-refractivity contribution in [1.29, 1.82) is 0 Å². The summed E-state index contributed by atoms with van der Waals surface area (Å²) in [4.78, 5) is 28.0. The number of halogens is 1. The number of rotatable bonds is 6. The number of pyridine rings is 6. The van der Waals surface area contributed by atoms with E-state index in [0.717, 1.165) is 65.4 Å². The first-order valence-corrected chi connectivity index (χ1v) is 28.0. The van der Waals surface area contributed by atoms with Crippen molar-refractivity contribution in [2.45, 2.75) is 0 Å². The van der Waals surface area contributed by atoms with E-state index in [1.807, 2.05) is 73.6 Å². The highest BCUT2D eigenvalue weighted by Crippen LogP contribution is 2.38. The highest BCUT2D eigenvalue weighted by Gasteiger charge is 2.15. The van der Waals surface area contributed by atoms with Gasteiger partial charge in [0.2, 0.25) is 0 Å². The minimum Gasteiger partial charge on any atom is -0.254 e. The van der Waals surface area contributed by atoms with Crippen LogP contribution in [-0.4, -0.2) is 34.6 Å². The number of aromatic nitrogens is 6. The maximum atomic E-state index is 8.60. The highest BCUT2D eigenvalue weighted by atomic mass is 35.7. The Morgan fingerprint density at radius 1 is 0.205 bits per heavy atom. The van der Waals surface area contributed by atoms with Gasteiger partial charge < -0.3 is 0 Å². The molecule has 0 amide bonds. The van der Waals surface area contributed by atoms with Gasteiger partial charge in [0, 0.05) is 69.5 Å². The Bertz CT molecular complexity index is 3950. The van der Waals surface area contributed by atoms with Crippen LogP contribution in [0.1, 0.15) is 0 Å². The van der Waals surface area contributed by atoms with Gasteiger partial charge in [-0.05, 0) is 103 Å². The minimum atomic E-state index is -4.69. The largest absolute Gasteiger partial charge is 0.254 e. The van der Waals surface area contributed by atoms with E-state index in [-0.39, 0.29) is 0 Å². The van der Waals surface area contributed by atoms with Crippen LogP contribution in [0.2, 0.25) is 0 Å². The second-order valence-electron chi connectivity index (χ2n) is 19.3. The molecule has 0 fully saturated rings. The maximum absolute atomic E-state index is 8.60. The van der Waals surface area contributed by atoms with Gasteiger partial charge in [-0.15, -0.1) is 0 Å². The fourth-order valence-corrected chi connectivity index (χ4v) is 10.7. The molecule has 11 heteroatoms. The summed E-state index contributed by atoms with van der Waals surface area (Å²) in [6.45, 7) is 0. The SMILES string of the molecule is [O-][Cl+3]([O-])([O-])O.c1ccc(-c2ccnc3c2ccc2c(-c4ccccc4)ccnc23)cc1.c1ccc(-c2ccnc3c2ccc2c(-c4ccccc4)ccnc23)cc1.c1ccc(-c2ccnc3c2ccc2c(-c4ccccc4)ccnc23)cc1. The Morgan fingerprint density at radius 3 is 0.470 bits per heavy atom. The van der Waals surface area contributed by atoms with E-state index in [0.29, 0.717) is 0 Å². The zero-order valence-corrected chi connectivity index (χ0v) is 45.2. The normalized spacial score (nSPS) is 11.1. The van der Waals surface area contributed by atoms with Gasteiger partial charge >= 0.3 is 0 Å². The summed E-state index contributed by atoms with van der Waals surface area (Å²) in [7, 11) is -4.69. The van der Waals surface area contributed by atoms with Gasteiger partial charge in [0.1, 0.15) is 0 Å². The summed E-state index contributed by atoms with van der Waals surface area (Å²) in [5.41, 5.74) is 19.9. The molecule has 15 rings (SSSR count). The van der Waals surface area contributed by atoms with Crippen molar-refractivity contribution in [3.8, 4) is 66.8 Å². The third kappa shape index (κ3) is 11.6. The molecule has 0 aliphatic heterocycles. The van der Waals surface area contributed by atoms with E-state index in [4.69, 9.17) is 18.6 Å². The van der Waals surface area contributed by atoms with Crippen molar-refractivity contribution < 1.29 is 28.9 Å². The topological polar surface area (TPSA) is 167 Å². The Morgan fingerprint density at radius 2 is 0.337 bits per heavy atom. The molecule has 0 saturated carbocycles. The van der Waals surface area contributed by atoms with Crippen LogP contribution in [0, 0.1) is 10.2 Å². The van der Waals surface area contributed by atoms with E-state index in [1.165, 1.54) is 66.8 Å². The molecule has 6 heterocycles. The molecule has 398 valence electrons. The smallest absolute Gasteiger partial charge is 0.0970 e. The van der Waals surface area contributed by atoms with Gasteiger partial charge in [0.05, 0.1) is 48.0 Å². The Hall–Kier alpha value is -10.4. The van der Waals surface area contributed by atoms with Crippen LogP contribution in [-0.2, 0) is 0 Å². The molecule has 6 aromatic heterocycles. The van der Waals surface area contributed by atoms with Crippen LogP contribution < -0.4 is 14.0 Å². The van der Waals surface area contributed by atoms with Gasteiger partial charge in [-0.2, -0.15) is 14.0 Å². The quantitative estimate of drug-likeness (QED) is 0.158. The fraction of sp³-hybridized carbons (Fsp3) is 0. The Balaban J connectivity index is 0.000000118. The molecule has 9 aromatic carbocycles. The van der Waals surface area contributed by atoms with Gasteiger partial charge in [-0.25, -0.2) is 0 Å². The second kappa shape index (κ2) is 24.1. The number of nitrogens with zero attached hydrogens (tertiary/aromatic N) is 6. The summed E-state index contributed by atoms with van der Waals surface area (Å²) in [6.07, 6.45) is 11.3. The molecule has 15 aromatic rings. The summed E-state index contributed by atoms with van der Waals surface area (Å²) in [5.74, 6) is 0. The zero-order chi connectivity index (χ0) is 56.5. The summed E-state index contributed by atoms with van der Waals surface area (Å²) >= 11 is 0. The van der Waals surface area contributed by atoms with Gasteiger partial charge in [-0.1, -0.05) is 218 Å². The van der Waals surface area contributed by atoms with Crippen molar-refractivity contribution in [2.24, 2.45) is 0 Å². The van der Waals surface area contributed by atoms with Crippen LogP contribution in [0.3, 0.4) is 0 Å². The number of benzene rings is 9. The van der Waals surface area contributed by atoms with Crippen LogP contribution in [0.15, 0.2) is 292 Å². The van der Waals surface area contributed by atoms with Crippen LogP contribution in [0.25, 0.3) is 132 Å². The third-order valence-corrected chi connectivity index (χ3v) is 14.4. The van der Waals surface area contributed by atoms with Crippen molar-refractivity contribution in [3.63, 3.8) is 0 Å². The lowest BCUT2D eigenvalue weighted by Crippen LogP contribution is -2.58. The number of fused-ring (bicyclic) bond motifs is 9. The van der Waals surface area contributed by atoms with Gasteiger partial charge in [0.25, 0.3) is 0 Å². The molecule has 0 spiro atoms.